The van der Waals surface area contributed by atoms with Crippen molar-refractivity contribution in [1.29, 1.82) is 0 Å². The standard InChI is InChI=1S/C13H25N3O/c1-10(11-4-5-11)16-8-2-3-12(9-16)13(17)15-7-6-14/h10-12H,2-9,14H2,1H3,(H,15,17). The molecule has 2 rings (SSSR count). The van der Waals surface area contributed by atoms with E-state index in [-0.39, 0.29) is 11.8 Å². The summed E-state index contributed by atoms with van der Waals surface area (Å²) < 4.78 is 0. The van der Waals surface area contributed by atoms with Crippen molar-refractivity contribution in [2.75, 3.05) is 26.2 Å². The van der Waals surface area contributed by atoms with Crippen molar-refractivity contribution in [3.63, 3.8) is 0 Å². The van der Waals surface area contributed by atoms with Gasteiger partial charge in [-0.15, -0.1) is 0 Å². The fraction of sp³-hybridized carbons (Fsp3) is 0.923. The van der Waals surface area contributed by atoms with Gasteiger partial charge in [0.2, 0.25) is 5.91 Å². The molecule has 3 N–H and O–H groups in total. The zero-order chi connectivity index (χ0) is 12.3. The van der Waals surface area contributed by atoms with Crippen molar-refractivity contribution in [3.8, 4) is 0 Å². The maximum absolute atomic E-state index is 11.9. The summed E-state index contributed by atoms with van der Waals surface area (Å²) in [7, 11) is 0. The van der Waals surface area contributed by atoms with Gasteiger partial charge in [-0.25, -0.2) is 0 Å². The molecule has 0 spiro atoms. The molecule has 4 heteroatoms. The molecule has 2 unspecified atom stereocenters. The number of carbonyl (C=O) groups excluding carboxylic acids is 1. The quantitative estimate of drug-likeness (QED) is 0.737. The smallest absolute Gasteiger partial charge is 0.224 e. The number of nitrogens with one attached hydrogen (secondary N) is 1. The summed E-state index contributed by atoms with van der Waals surface area (Å²) in [5.41, 5.74) is 5.40. The minimum Gasteiger partial charge on any atom is -0.355 e. The molecule has 1 aliphatic heterocycles. The van der Waals surface area contributed by atoms with E-state index in [1.54, 1.807) is 0 Å². The Bertz CT molecular complexity index is 265. The lowest BCUT2D eigenvalue weighted by molar-refractivity contribution is -0.127. The fourth-order valence-corrected chi connectivity index (χ4v) is 2.81. The number of rotatable bonds is 5. The Morgan fingerprint density at radius 2 is 2.24 bits per heavy atom. The average molecular weight is 239 g/mol. The molecule has 1 amide bonds. The fourth-order valence-electron chi connectivity index (χ4n) is 2.81. The molecule has 0 radical (unpaired) electrons. The summed E-state index contributed by atoms with van der Waals surface area (Å²) in [5, 5.41) is 2.92. The van der Waals surface area contributed by atoms with Crippen LogP contribution in [0.4, 0.5) is 0 Å². The van der Waals surface area contributed by atoms with E-state index in [0.29, 0.717) is 19.1 Å². The van der Waals surface area contributed by atoms with E-state index in [0.717, 1.165) is 25.3 Å². The number of hydrogen-bond donors (Lipinski definition) is 2. The van der Waals surface area contributed by atoms with Gasteiger partial charge >= 0.3 is 0 Å². The second-order valence-corrected chi connectivity index (χ2v) is 5.49. The zero-order valence-electron chi connectivity index (χ0n) is 10.8. The van der Waals surface area contributed by atoms with Gasteiger partial charge in [0.15, 0.2) is 0 Å². The lowest BCUT2D eigenvalue weighted by atomic mass is 9.95. The second kappa shape index (κ2) is 5.83. The van der Waals surface area contributed by atoms with Gasteiger partial charge in [0.05, 0.1) is 5.92 Å². The van der Waals surface area contributed by atoms with Crippen LogP contribution in [0.3, 0.4) is 0 Å². The third-order valence-electron chi connectivity index (χ3n) is 4.15. The number of hydrogen-bond acceptors (Lipinski definition) is 3. The normalized spacial score (nSPS) is 27.8. The summed E-state index contributed by atoms with van der Waals surface area (Å²) in [6.45, 7) is 5.55. The van der Waals surface area contributed by atoms with Crippen LogP contribution in [0.1, 0.15) is 32.6 Å². The molecule has 4 nitrogen and oxygen atoms in total. The Hall–Kier alpha value is -0.610. The molecule has 1 saturated carbocycles. The Labute approximate surface area is 104 Å². The molecule has 98 valence electrons. The summed E-state index contributed by atoms with van der Waals surface area (Å²) >= 11 is 0. The highest BCUT2D eigenvalue weighted by atomic mass is 16.1. The van der Waals surface area contributed by atoms with Gasteiger partial charge in [0, 0.05) is 25.7 Å². The Balaban J connectivity index is 1.81. The number of carbonyl (C=O) groups is 1. The monoisotopic (exact) mass is 239 g/mol. The van der Waals surface area contributed by atoms with Crippen molar-refractivity contribution in [2.45, 2.75) is 38.6 Å². The third kappa shape index (κ3) is 3.42. The molecule has 0 bridgehead atoms. The van der Waals surface area contributed by atoms with Gasteiger partial charge in [-0.05, 0) is 45.1 Å². The Morgan fingerprint density at radius 1 is 1.47 bits per heavy atom. The van der Waals surface area contributed by atoms with Crippen LogP contribution in [0.5, 0.6) is 0 Å². The molecule has 0 aromatic rings. The number of nitrogens with zero attached hydrogens (tertiary/aromatic N) is 1. The van der Waals surface area contributed by atoms with Crippen LogP contribution >= 0.6 is 0 Å². The number of amides is 1. The van der Waals surface area contributed by atoms with E-state index in [1.807, 2.05) is 0 Å². The minimum absolute atomic E-state index is 0.177. The molecule has 1 aliphatic carbocycles. The largest absolute Gasteiger partial charge is 0.355 e. The van der Waals surface area contributed by atoms with E-state index in [2.05, 4.69) is 17.1 Å². The Kier molecular flexibility index (Phi) is 4.40. The minimum atomic E-state index is 0.177. The predicted octanol–water partition coefficient (Wildman–Crippen LogP) is 0.572. The van der Waals surface area contributed by atoms with Crippen molar-refractivity contribution in [3.05, 3.63) is 0 Å². The molecule has 2 fully saturated rings. The first kappa shape index (κ1) is 12.8. The summed E-state index contributed by atoms with van der Waals surface area (Å²) in [6.07, 6.45) is 4.94. The van der Waals surface area contributed by atoms with Crippen LogP contribution in [0.15, 0.2) is 0 Å². The first-order valence-corrected chi connectivity index (χ1v) is 6.94. The van der Waals surface area contributed by atoms with Crippen LogP contribution in [0, 0.1) is 11.8 Å². The molecule has 1 heterocycles. The van der Waals surface area contributed by atoms with Crippen LogP contribution in [0.2, 0.25) is 0 Å². The first-order chi connectivity index (χ1) is 8.22. The van der Waals surface area contributed by atoms with E-state index < -0.39 is 0 Å². The van der Waals surface area contributed by atoms with E-state index in [1.165, 1.54) is 19.4 Å². The van der Waals surface area contributed by atoms with Gasteiger partial charge < -0.3 is 11.1 Å². The van der Waals surface area contributed by atoms with Crippen LogP contribution < -0.4 is 11.1 Å². The number of nitrogens with two attached hydrogens (primary N) is 1. The highest BCUT2D eigenvalue weighted by Crippen LogP contribution is 2.36. The topological polar surface area (TPSA) is 58.4 Å². The van der Waals surface area contributed by atoms with Crippen molar-refractivity contribution in [2.24, 2.45) is 17.6 Å². The molecule has 0 aromatic carbocycles. The molecule has 0 aromatic heterocycles. The van der Waals surface area contributed by atoms with Gasteiger partial charge in [-0.2, -0.15) is 0 Å². The first-order valence-electron chi connectivity index (χ1n) is 6.94. The average Bonchev–Trinajstić information content (AvgIpc) is 3.19. The van der Waals surface area contributed by atoms with Crippen LogP contribution in [-0.4, -0.2) is 43.0 Å². The Morgan fingerprint density at radius 3 is 2.88 bits per heavy atom. The van der Waals surface area contributed by atoms with Crippen molar-refractivity contribution in [1.82, 2.24) is 10.2 Å². The number of piperidine rings is 1. The maximum atomic E-state index is 11.9. The summed E-state index contributed by atoms with van der Waals surface area (Å²) in [5.74, 6) is 1.26. The van der Waals surface area contributed by atoms with E-state index in [9.17, 15) is 4.79 Å². The van der Waals surface area contributed by atoms with E-state index in [4.69, 9.17) is 5.73 Å². The lowest BCUT2D eigenvalue weighted by Gasteiger charge is -2.36. The van der Waals surface area contributed by atoms with Crippen LogP contribution in [-0.2, 0) is 4.79 Å². The summed E-state index contributed by atoms with van der Waals surface area (Å²) in [6, 6.07) is 0.667. The second-order valence-electron chi connectivity index (χ2n) is 5.49. The van der Waals surface area contributed by atoms with Gasteiger partial charge in [-0.1, -0.05) is 0 Å². The lowest BCUT2D eigenvalue weighted by Crippen LogP contribution is -2.47. The van der Waals surface area contributed by atoms with E-state index >= 15 is 0 Å². The molecular weight excluding hydrogens is 214 g/mol. The van der Waals surface area contributed by atoms with Crippen molar-refractivity contribution >= 4 is 5.91 Å². The van der Waals surface area contributed by atoms with Crippen molar-refractivity contribution < 1.29 is 4.79 Å². The summed E-state index contributed by atoms with van der Waals surface area (Å²) in [4.78, 5) is 14.4. The molecule has 2 aliphatic rings. The van der Waals surface area contributed by atoms with Gasteiger partial charge in [0.25, 0.3) is 0 Å². The zero-order valence-corrected chi connectivity index (χ0v) is 10.8. The van der Waals surface area contributed by atoms with Gasteiger partial charge in [-0.3, -0.25) is 9.69 Å². The maximum Gasteiger partial charge on any atom is 0.224 e. The number of likely N-dealkylation sites (tertiary alicyclic amines) is 1. The SMILES string of the molecule is CC(C1CC1)N1CCCC(C(=O)NCCN)C1. The van der Waals surface area contributed by atoms with Gasteiger partial charge in [0.1, 0.15) is 0 Å². The highest BCUT2D eigenvalue weighted by molar-refractivity contribution is 5.78. The third-order valence-corrected chi connectivity index (χ3v) is 4.15. The molecule has 17 heavy (non-hydrogen) atoms. The predicted molar refractivity (Wildman–Crippen MR) is 68.5 cm³/mol. The highest BCUT2D eigenvalue weighted by Gasteiger charge is 2.35. The van der Waals surface area contributed by atoms with Crippen LogP contribution in [0.25, 0.3) is 0 Å². The molecule has 1 saturated heterocycles. The molecular formula is C13H25N3O. The molecule has 2 atom stereocenters.